The summed E-state index contributed by atoms with van der Waals surface area (Å²) in [4.78, 5) is 15.3. The minimum absolute atomic E-state index is 0.0182. The molecule has 1 saturated heterocycles. The van der Waals surface area contributed by atoms with Crippen molar-refractivity contribution in [2.75, 3.05) is 51.1 Å². The average molecular weight is 502 g/mol. The summed E-state index contributed by atoms with van der Waals surface area (Å²) in [6, 6.07) is 14.0. The normalized spacial score (nSPS) is 16.4. The monoisotopic (exact) mass is 501 g/mol. The molecular weight excluding hydrogens is 462 g/mol. The number of fused-ring (bicyclic) bond motifs is 1. The van der Waals surface area contributed by atoms with Crippen molar-refractivity contribution in [2.24, 2.45) is 5.92 Å². The van der Waals surface area contributed by atoms with E-state index in [-0.39, 0.29) is 18.6 Å². The quantitative estimate of drug-likeness (QED) is 0.395. The number of ether oxygens (including phenoxy) is 2. The van der Waals surface area contributed by atoms with Gasteiger partial charge in [0, 0.05) is 31.9 Å². The van der Waals surface area contributed by atoms with Crippen LogP contribution >= 0.6 is 12.6 Å². The molecule has 2 aliphatic rings. The van der Waals surface area contributed by atoms with Crippen molar-refractivity contribution in [2.45, 2.75) is 38.5 Å². The van der Waals surface area contributed by atoms with E-state index in [1.807, 2.05) is 24.3 Å². The number of nitrogens with zero attached hydrogens (tertiary/aromatic N) is 1. The smallest absolute Gasteiger partial charge is 0.251 e. The lowest BCUT2D eigenvalue weighted by Crippen LogP contribution is -2.45. The molecule has 1 fully saturated rings. The molecule has 8 heteroatoms. The number of carbonyl (C=O) groups is 1. The third kappa shape index (κ3) is 7.36. The summed E-state index contributed by atoms with van der Waals surface area (Å²) in [6.45, 7) is 4.69. The van der Waals surface area contributed by atoms with Crippen molar-refractivity contribution >= 4 is 24.2 Å². The van der Waals surface area contributed by atoms with Gasteiger partial charge in [-0.3, -0.25) is 4.79 Å². The molecule has 3 N–H and O–H groups in total. The van der Waals surface area contributed by atoms with Crippen molar-refractivity contribution in [1.82, 2.24) is 10.6 Å². The Morgan fingerprint density at radius 3 is 2.69 bits per heavy atom. The molecule has 1 unspecified atom stereocenters. The SMILES string of the molecule is COCc1ccccc1CN1CCOc2cc(C(=O)NC(CCO)C3CCNCC3)ccc21.CS. The Hall–Kier alpha value is -2.26. The highest BCUT2D eigenvalue weighted by Gasteiger charge is 2.26. The number of amides is 1. The predicted octanol–water partition coefficient (Wildman–Crippen LogP) is 3.26. The highest BCUT2D eigenvalue weighted by Crippen LogP contribution is 2.34. The maximum Gasteiger partial charge on any atom is 0.251 e. The van der Waals surface area contributed by atoms with Crippen LogP contribution in [-0.2, 0) is 17.9 Å². The maximum absolute atomic E-state index is 13.1. The van der Waals surface area contributed by atoms with Crippen LogP contribution in [-0.4, -0.2) is 63.3 Å². The van der Waals surface area contributed by atoms with Gasteiger partial charge in [0.15, 0.2) is 0 Å². The van der Waals surface area contributed by atoms with Crippen molar-refractivity contribution in [3.05, 3.63) is 59.2 Å². The standard InChI is InChI=1S/C26H35N3O4.CH4S/c1-32-18-22-5-3-2-4-21(22)17-29-13-15-33-25-16-20(6-7-24(25)29)26(31)28-23(10-14-30)19-8-11-27-12-9-19;1-2/h2-7,16,19,23,27,30H,8-15,17-18H2,1H3,(H,28,31);2H,1H3. The van der Waals surface area contributed by atoms with Gasteiger partial charge in [-0.1, -0.05) is 24.3 Å². The second-order valence-electron chi connectivity index (χ2n) is 8.83. The van der Waals surface area contributed by atoms with Crippen LogP contribution in [0.3, 0.4) is 0 Å². The van der Waals surface area contributed by atoms with E-state index < -0.39 is 0 Å². The number of carbonyl (C=O) groups excluding carboxylic acids is 1. The molecular formula is C27H39N3O4S. The Balaban J connectivity index is 0.00000167. The van der Waals surface area contributed by atoms with Gasteiger partial charge in [-0.2, -0.15) is 12.6 Å². The number of hydrogen-bond donors (Lipinski definition) is 4. The van der Waals surface area contributed by atoms with Gasteiger partial charge in [0.25, 0.3) is 5.91 Å². The number of thiol groups is 1. The minimum atomic E-state index is -0.110. The summed E-state index contributed by atoms with van der Waals surface area (Å²) in [7, 11) is 1.71. The van der Waals surface area contributed by atoms with Gasteiger partial charge in [0.2, 0.25) is 0 Å². The van der Waals surface area contributed by atoms with Crippen LogP contribution < -0.4 is 20.3 Å². The van der Waals surface area contributed by atoms with Crippen LogP contribution in [0.4, 0.5) is 5.69 Å². The first-order valence-electron chi connectivity index (χ1n) is 12.3. The number of aliphatic hydroxyl groups is 1. The number of nitrogens with one attached hydrogen (secondary N) is 2. The number of methoxy groups -OCH3 is 1. The van der Waals surface area contributed by atoms with Gasteiger partial charge in [0.1, 0.15) is 12.4 Å². The predicted molar refractivity (Wildman–Crippen MR) is 144 cm³/mol. The first-order valence-corrected chi connectivity index (χ1v) is 13.2. The van der Waals surface area contributed by atoms with E-state index in [1.165, 1.54) is 11.1 Å². The molecule has 0 radical (unpaired) electrons. The summed E-state index contributed by atoms with van der Waals surface area (Å²) in [5.74, 6) is 1.01. The van der Waals surface area contributed by atoms with E-state index >= 15 is 0 Å². The first-order chi connectivity index (χ1) is 17.2. The molecule has 0 aliphatic carbocycles. The van der Waals surface area contributed by atoms with Crippen molar-refractivity contribution in [3.8, 4) is 5.75 Å². The zero-order valence-corrected chi connectivity index (χ0v) is 21.7. The van der Waals surface area contributed by atoms with Gasteiger partial charge < -0.3 is 30.1 Å². The molecule has 7 nitrogen and oxygen atoms in total. The summed E-state index contributed by atoms with van der Waals surface area (Å²) in [6.07, 6.45) is 4.29. The van der Waals surface area contributed by atoms with Crippen LogP contribution in [0.2, 0.25) is 0 Å². The Labute approximate surface area is 214 Å². The third-order valence-corrected chi connectivity index (χ3v) is 6.67. The van der Waals surface area contributed by atoms with E-state index in [1.54, 1.807) is 13.4 Å². The maximum atomic E-state index is 13.1. The molecule has 2 aromatic carbocycles. The summed E-state index contributed by atoms with van der Waals surface area (Å²) < 4.78 is 11.3. The fourth-order valence-corrected chi connectivity index (χ4v) is 4.86. The average Bonchev–Trinajstić information content (AvgIpc) is 2.91. The molecule has 35 heavy (non-hydrogen) atoms. The Morgan fingerprint density at radius 2 is 1.97 bits per heavy atom. The Kier molecular flexibility index (Phi) is 11.2. The second-order valence-corrected chi connectivity index (χ2v) is 8.83. The van der Waals surface area contributed by atoms with E-state index in [2.05, 4.69) is 46.4 Å². The fraction of sp³-hybridized carbons (Fsp3) is 0.519. The molecule has 0 spiro atoms. The molecule has 2 aromatic rings. The van der Waals surface area contributed by atoms with Crippen LogP contribution in [0, 0.1) is 5.92 Å². The van der Waals surface area contributed by atoms with Crippen molar-refractivity contribution < 1.29 is 19.4 Å². The van der Waals surface area contributed by atoms with Gasteiger partial charge in [0.05, 0.1) is 18.8 Å². The molecule has 0 saturated carbocycles. The van der Waals surface area contributed by atoms with Gasteiger partial charge in [-0.15, -0.1) is 0 Å². The van der Waals surface area contributed by atoms with E-state index in [0.717, 1.165) is 50.5 Å². The number of anilines is 1. The van der Waals surface area contributed by atoms with Crippen LogP contribution in [0.5, 0.6) is 5.75 Å². The number of benzene rings is 2. The van der Waals surface area contributed by atoms with E-state index in [4.69, 9.17) is 9.47 Å². The Morgan fingerprint density at radius 1 is 1.23 bits per heavy atom. The molecule has 1 atom stereocenters. The van der Waals surface area contributed by atoms with E-state index in [9.17, 15) is 9.90 Å². The lowest BCUT2D eigenvalue weighted by molar-refractivity contribution is 0.0901. The highest BCUT2D eigenvalue weighted by atomic mass is 32.1. The third-order valence-electron chi connectivity index (χ3n) is 6.67. The number of rotatable bonds is 9. The molecule has 0 bridgehead atoms. The largest absolute Gasteiger partial charge is 0.490 e. The topological polar surface area (TPSA) is 83.1 Å². The minimum Gasteiger partial charge on any atom is -0.490 e. The van der Waals surface area contributed by atoms with Crippen molar-refractivity contribution in [3.63, 3.8) is 0 Å². The fourth-order valence-electron chi connectivity index (χ4n) is 4.86. The molecule has 4 rings (SSSR count). The molecule has 2 heterocycles. The zero-order valence-electron chi connectivity index (χ0n) is 20.8. The molecule has 192 valence electrons. The molecule has 1 amide bonds. The lowest BCUT2D eigenvalue weighted by Gasteiger charge is -2.33. The Bertz CT molecular complexity index is 936. The lowest BCUT2D eigenvalue weighted by atomic mass is 9.88. The van der Waals surface area contributed by atoms with Crippen molar-refractivity contribution in [1.29, 1.82) is 0 Å². The molecule has 2 aliphatic heterocycles. The molecule has 0 aromatic heterocycles. The van der Waals surface area contributed by atoms with Crippen LogP contribution in [0.25, 0.3) is 0 Å². The second kappa shape index (κ2) is 14.3. The number of piperidine rings is 1. The highest BCUT2D eigenvalue weighted by molar-refractivity contribution is 7.79. The summed E-state index contributed by atoms with van der Waals surface area (Å²) in [5, 5.41) is 16.0. The summed E-state index contributed by atoms with van der Waals surface area (Å²) in [5.41, 5.74) is 3.99. The number of hydrogen-bond acceptors (Lipinski definition) is 7. The van der Waals surface area contributed by atoms with Crippen LogP contribution in [0.1, 0.15) is 40.7 Å². The summed E-state index contributed by atoms with van der Waals surface area (Å²) >= 11 is 3.53. The van der Waals surface area contributed by atoms with Crippen LogP contribution in [0.15, 0.2) is 42.5 Å². The van der Waals surface area contributed by atoms with Gasteiger partial charge in [-0.05, 0) is 73.9 Å². The number of aliphatic hydroxyl groups excluding tert-OH is 1. The van der Waals surface area contributed by atoms with Gasteiger partial charge >= 0.3 is 0 Å². The first kappa shape index (κ1) is 27.3. The van der Waals surface area contributed by atoms with Gasteiger partial charge in [-0.25, -0.2) is 0 Å². The van der Waals surface area contributed by atoms with E-state index in [0.29, 0.717) is 31.1 Å². The zero-order chi connectivity index (χ0) is 25.0.